The number of hydrogen-bond donors (Lipinski definition) is 1. The highest BCUT2D eigenvalue weighted by molar-refractivity contribution is 7.98. The van der Waals surface area contributed by atoms with E-state index in [1.807, 2.05) is 24.3 Å². The summed E-state index contributed by atoms with van der Waals surface area (Å²) in [4.78, 5) is 0.883. The fourth-order valence-corrected chi connectivity index (χ4v) is 5.26. The van der Waals surface area contributed by atoms with Crippen molar-refractivity contribution in [1.82, 2.24) is 4.57 Å². The number of halogens is 6. The first kappa shape index (κ1) is 24.3. The average molecular weight is 515 g/mol. The Hall–Kier alpha value is -2.79. The summed E-state index contributed by atoms with van der Waals surface area (Å²) in [5.41, 5.74) is 6.46. The van der Waals surface area contributed by atoms with Gasteiger partial charge in [-0.1, -0.05) is 47.8 Å². The molecule has 0 aliphatic rings. The number of imidazole rings is 1. The number of benzene rings is 3. The van der Waals surface area contributed by atoms with Gasteiger partial charge in [0.15, 0.2) is 0 Å². The Morgan fingerprint density at radius 2 is 1.29 bits per heavy atom. The number of nitrogens with zero attached hydrogens (tertiary/aromatic N) is 2. The predicted molar refractivity (Wildman–Crippen MR) is 121 cm³/mol. The summed E-state index contributed by atoms with van der Waals surface area (Å²) in [7, 11) is 0. The van der Waals surface area contributed by atoms with Crippen LogP contribution >= 0.6 is 23.5 Å². The maximum atomic E-state index is 13.0. The number of hydrogen-bond acceptors (Lipinski definition) is 3. The quantitative estimate of drug-likeness (QED) is 0.170. The number of nitrogens with two attached hydrogens (primary N) is 1. The molecule has 0 saturated carbocycles. The molecule has 0 bridgehead atoms. The summed E-state index contributed by atoms with van der Waals surface area (Å²) in [5.74, 6) is 0.865. The number of rotatable bonds is 6. The third kappa shape index (κ3) is 5.30. The highest BCUT2D eigenvalue weighted by Gasteiger charge is 2.31. The molecule has 0 aliphatic heterocycles. The van der Waals surface area contributed by atoms with E-state index in [4.69, 9.17) is 5.73 Å². The molecule has 4 aromatic rings. The molecule has 4 rings (SSSR count). The van der Waals surface area contributed by atoms with E-state index in [0.29, 0.717) is 15.7 Å². The first-order chi connectivity index (χ1) is 16.0. The minimum absolute atomic E-state index is 0.259. The zero-order valence-electron chi connectivity index (χ0n) is 17.4. The second-order valence-electron chi connectivity index (χ2n) is 7.30. The van der Waals surface area contributed by atoms with E-state index < -0.39 is 23.5 Å². The summed E-state index contributed by atoms with van der Waals surface area (Å²) in [6, 6.07) is 17.4. The van der Waals surface area contributed by atoms with Crippen LogP contribution in [0.1, 0.15) is 11.1 Å². The number of thioether (sulfide) groups is 2. The molecule has 34 heavy (non-hydrogen) atoms. The molecule has 1 heterocycles. The van der Waals surface area contributed by atoms with Crippen LogP contribution in [-0.2, 0) is 24.1 Å². The number of aromatic nitrogens is 2. The van der Waals surface area contributed by atoms with Crippen molar-refractivity contribution in [2.75, 3.05) is 5.73 Å². The predicted octanol–water partition coefficient (Wildman–Crippen LogP) is 7.05. The number of para-hydroxylation sites is 2. The van der Waals surface area contributed by atoms with Crippen LogP contribution in [0.5, 0.6) is 0 Å². The van der Waals surface area contributed by atoms with Crippen LogP contribution in [0.3, 0.4) is 0 Å². The minimum Gasteiger partial charge on any atom is -0.290 e. The van der Waals surface area contributed by atoms with Crippen molar-refractivity contribution in [1.29, 1.82) is 0 Å². The Morgan fingerprint density at radius 3 is 1.88 bits per heavy atom. The Bertz CT molecular complexity index is 1220. The van der Waals surface area contributed by atoms with Crippen molar-refractivity contribution in [3.05, 3.63) is 83.9 Å². The molecule has 178 valence electrons. The Labute approximate surface area is 199 Å². The summed E-state index contributed by atoms with van der Waals surface area (Å²) < 4.78 is 81.7. The zero-order valence-corrected chi connectivity index (χ0v) is 19.0. The smallest absolute Gasteiger partial charge is 0.290 e. The molecule has 0 atom stereocenters. The van der Waals surface area contributed by atoms with Crippen molar-refractivity contribution < 1.29 is 30.9 Å². The molecule has 3 aromatic carbocycles. The van der Waals surface area contributed by atoms with Gasteiger partial charge < -0.3 is 0 Å². The molecule has 11 heteroatoms. The van der Waals surface area contributed by atoms with Gasteiger partial charge in [0.25, 0.3) is 0 Å². The summed E-state index contributed by atoms with van der Waals surface area (Å²) in [6.07, 6.45) is -8.86. The third-order valence-corrected chi connectivity index (χ3v) is 7.01. The standard InChI is InChI=1S/C23H17F6N3S2/c24-22(25,26)15-5-3-7-17(11-15)33-13-31-19-9-1-2-10-20(19)32(21(31)30)14-34-18-8-4-6-16(12-18)23(27,28)29/h1-12,30H,13-14H2/p+1. The summed E-state index contributed by atoms with van der Waals surface area (Å²) in [5, 5.41) is 0. The van der Waals surface area contributed by atoms with E-state index in [9.17, 15) is 26.3 Å². The number of fused-ring (bicyclic) bond motifs is 1. The van der Waals surface area contributed by atoms with Gasteiger partial charge >= 0.3 is 18.3 Å². The van der Waals surface area contributed by atoms with Gasteiger partial charge in [-0.2, -0.15) is 26.3 Å². The van der Waals surface area contributed by atoms with Crippen LogP contribution in [-0.4, -0.2) is 4.57 Å². The second-order valence-corrected chi connectivity index (χ2v) is 9.34. The van der Waals surface area contributed by atoms with Crippen molar-refractivity contribution in [3.8, 4) is 0 Å². The highest BCUT2D eigenvalue weighted by atomic mass is 32.2. The number of anilines is 1. The van der Waals surface area contributed by atoms with Gasteiger partial charge in [-0.3, -0.25) is 5.73 Å². The first-order valence-electron chi connectivity index (χ1n) is 9.91. The molecule has 0 unspecified atom stereocenters. The molecular weight excluding hydrogens is 496 g/mol. The van der Waals surface area contributed by atoms with Gasteiger partial charge in [0.1, 0.15) is 22.8 Å². The molecule has 2 N–H and O–H groups in total. The fraction of sp³-hybridized carbons (Fsp3) is 0.174. The normalized spacial score (nSPS) is 12.4. The topological polar surface area (TPSA) is 34.8 Å². The minimum atomic E-state index is -4.43. The largest absolute Gasteiger partial charge is 0.416 e. The maximum Gasteiger partial charge on any atom is 0.416 e. The lowest BCUT2D eigenvalue weighted by Gasteiger charge is -2.09. The maximum absolute atomic E-state index is 13.0. The lowest BCUT2D eigenvalue weighted by atomic mass is 10.2. The van der Waals surface area contributed by atoms with Crippen molar-refractivity contribution in [2.45, 2.75) is 33.9 Å². The lowest BCUT2D eigenvalue weighted by Crippen LogP contribution is -2.35. The van der Waals surface area contributed by atoms with E-state index in [0.717, 1.165) is 35.3 Å². The van der Waals surface area contributed by atoms with Crippen LogP contribution in [0, 0.1) is 0 Å². The molecule has 0 amide bonds. The van der Waals surface area contributed by atoms with Crippen LogP contribution < -0.4 is 10.3 Å². The highest BCUT2D eigenvalue weighted by Crippen LogP contribution is 2.34. The molecule has 0 spiro atoms. The zero-order chi connectivity index (χ0) is 24.5. The molecule has 0 aliphatic carbocycles. The summed E-state index contributed by atoms with van der Waals surface area (Å²) in [6.45, 7) is 0. The number of nitrogen functional groups attached to an aromatic ring is 1. The molecule has 1 aromatic heterocycles. The molecule has 3 nitrogen and oxygen atoms in total. The van der Waals surface area contributed by atoms with E-state index in [1.54, 1.807) is 21.3 Å². The molecule has 0 saturated heterocycles. The third-order valence-electron chi connectivity index (χ3n) is 5.06. The Kier molecular flexibility index (Phi) is 6.77. The van der Waals surface area contributed by atoms with E-state index >= 15 is 0 Å². The van der Waals surface area contributed by atoms with E-state index in [1.165, 1.54) is 35.7 Å². The Balaban J connectivity index is 1.58. The van der Waals surface area contributed by atoms with Crippen LogP contribution in [0.15, 0.2) is 82.6 Å². The summed E-state index contributed by atoms with van der Waals surface area (Å²) >= 11 is 2.41. The lowest BCUT2D eigenvalue weighted by molar-refractivity contribution is -0.635. The Morgan fingerprint density at radius 1 is 0.735 bits per heavy atom. The fourth-order valence-electron chi connectivity index (χ4n) is 3.39. The monoisotopic (exact) mass is 514 g/mol. The van der Waals surface area contributed by atoms with Gasteiger partial charge in [0.2, 0.25) is 0 Å². The van der Waals surface area contributed by atoms with Gasteiger partial charge in [0, 0.05) is 9.79 Å². The molecular formula is C23H18F6N3S2+. The van der Waals surface area contributed by atoms with Gasteiger partial charge in [-0.25, -0.2) is 9.13 Å². The van der Waals surface area contributed by atoms with E-state index in [2.05, 4.69) is 0 Å². The van der Waals surface area contributed by atoms with E-state index in [-0.39, 0.29) is 11.8 Å². The number of alkyl halides is 6. The molecule has 0 radical (unpaired) electrons. The molecule has 0 fully saturated rings. The van der Waals surface area contributed by atoms with Gasteiger partial charge in [-0.15, -0.1) is 0 Å². The second kappa shape index (κ2) is 9.46. The SMILES string of the molecule is Nc1n(CSc2cccc(C(F)(F)F)c2)c2ccccc2[n+]1CSc1cccc(C(F)(F)F)c1. The van der Waals surface area contributed by atoms with Crippen LogP contribution in [0.25, 0.3) is 11.0 Å². The van der Waals surface area contributed by atoms with Crippen molar-refractivity contribution in [2.24, 2.45) is 0 Å². The van der Waals surface area contributed by atoms with Gasteiger partial charge in [0.05, 0.1) is 11.1 Å². The first-order valence-corrected chi connectivity index (χ1v) is 11.9. The van der Waals surface area contributed by atoms with Crippen molar-refractivity contribution >= 4 is 40.5 Å². The van der Waals surface area contributed by atoms with Crippen LogP contribution in [0.2, 0.25) is 0 Å². The van der Waals surface area contributed by atoms with Crippen molar-refractivity contribution in [3.63, 3.8) is 0 Å². The average Bonchev–Trinajstić information content (AvgIpc) is 3.06. The van der Waals surface area contributed by atoms with Crippen LogP contribution in [0.4, 0.5) is 32.3 Å². The van der Waals surface area contributed by atoms with Gasteiger partial charge in [-0.05, 0) is 48.5 Å².